The molecule has 34 heavy (non-hydrogen) atoms. The van der Waals surface area contributed by atoms with Crippen LogP contribution < -0.4 is 15.0 Å². The van der Waals surface area contributed by atoms with Crippen molar-refractivity contribution in [3.63, 3.8) is 0 Å². The number of benzene rings is 2. The number of amides is 2. The van der Waals surface area contributed by atoms with Gasteiger partial charge in [-0.3, -0.25) is 14.5 Å². The van der Waals surface area contributed by atoms with Gasteiger partial charge in [-0.2, -0.15) is 0 Å². The molecule has 4 rings (SSSR count). The molecule has 1 aliphatic carbocycles. The van der Waals surface area contributed by atoms with Gasteiger partial charge in [-0.25, -0.2) is 0 Å². The predicted molar refractivity (Wildman–Crippen MR) is 136 cm³/mol. The molecular weight excluding hydrogens is 428 g/mol. The Morgan fingerprint density at radius 2 is 1.68 bits per heavy atom. The summed E-state index contributed by atoms with van der Waals surface area (Å²) in [5, 5.41) is 3.08. The molecule has 1 aliphatic heterocycles. The van der Waals surface area contributed by atoms with Crippen molar-refractivity contribution in [2.24, 2.45) is 0 Å². The minimum Gasteiger partial charge on any atom is -0.495 e. The van der Waals surface area contributed by atoms with E-state index in [0.29, 0.717) is 38.6 Å². The first kappa shape index (κ1) is 24.1. The molecule has 0 spiro atoms. The minimum absolute atomic E-state index is 0.0119. The molecule has 0 unspecified atom stereocenters. The Bertz CT molecular complexity index is 992. The number of rotatable bonds is 9. The highest BCUT2D eigenvalue weighted by molar-refractivity contribution is 5.93. The van der Waals surface area contributed by atoms with Crippen LogP contribution in [0, 0.1) is 13.8 Å². The number of para-hydroxylation sites is 3. The summed E-state index contributed by atoms with van der Waals surface area (Å²) in [5.74, 6) is 1.02. The smallest absolute Gasteiger partial charge is 0.238 e. The molecule has 2 amide bonds. The molecule has 0 atom stereocenters. The molecule has 2 aromatic carbocycles. The largest absolute Gasteiger partial charge is 0.495 e. The van der Waals surface area contributed by atoms with E-state index in [1.54, 1.807) is 7.11 Å². The molecule has 2 fully saturated rings. The number of piperazine rings is 1. The Kier molecular flexibility index (Phi) is 7.73. The fourth-order valence-corrected chi connectivity index (χ4v) is 4.69. The van der Waals surface area contributed by atoms with Crippen molar-refractivity contribution in [3.8, 4) is 5.75 Å². The number of hydrogen-bond acceptors (Lipinski definition) is 5. The number of methoxy groups -OCH3 is 1. The van der Waals surface area contributed by atoms with Crippen LogP contribution in [0.25, 0.3) is 0 Å². The molecule has 1 saturated heterocycles. The van der Waals surface area contributed by atoms with Crippen LogP contribution in [0.2, 0.25) is 0 Å². The van der Waals surface area contributed by atoms with Crippen LogP contribution in [-0.4, -0.2) is 74.0 Å². The summed E-state index contributed by atoms with van der Waals surface area (Å²) in [6.07, 6.45) is 2.65. The maximum Gasteiger partial charge on any atom is 0.238 e. The van der Waals surface area contributed by atoms with Crippen molar-refractivity contribution in [1.29, 1.82) is 0 Å². The molecule has 1 heterocycles. The van der Waals surface area contributed by atoms with Gasteiger partial charge in [0.1, 0.15) is 5.75 Å². The summed E-state index contributed by atoms with van der Waals surface area (Å²) in [4.78, 5) is 32.1. The van der Waals surface area contributed by atoms with Crippen LogP contribution in [0.5, 0.6) is 5.75 Å². The number of carbonyl (C=O) groups excluding carboxylic acids is 2. The van der Waals surface area contributed by atoms with Gasteiger partial charge < -0.3 is 19.9 Å². The second kappa shape index (κ2) is 10.9. The molecule has 1 saturated carbocycles. The van der Waals surface area contributed by atoms with Crippen LogP contribution >= 0.6 is 0 Å². The van der Waals surface area contributed by atoms with Crippen molar-refractivity contribution < 1.29 is 14.3 Å². The van der Waals surface area contributed by atoms with Gasteiger partial charge >= 0.3 is 0 Å². The molecule has 2 aliphatic rings. The zero-order chi connectivity index (χ0) is 24.1. The number of anilines is 2. The van der Waals surface area contributed by atoms with E-state index in [1.165, 1.54) is 0 Å². The van der Waals surface area contributed by atoms with Crippen LogP contribution in [-0.2, 0) is 9.59 Å². The Labute approximate surface area is 202 Å². The Morgan fingerprint density at radius 1 is 1.00 bits per heavy atom. The highest BCUT2D eigenvalue weighted by atomic mass is 16.5. The van der Waals surface area contributed by atoms with E-state index in [1.807, 2.05) is 55.1 Å². The standard InChI is InChI=1S/C27H36N4O3/c1-20-7-6-8-21(2)27(20)28-25(32)19-31(22-11-12-22)14-13-26(33)30-17-15-29(16-18-30)23-9-4-5-10-24(23)34-3/h4-10,22H,11-19H2,1-3H3,(H,28,32). The highest BCUT2D eigenvalue weighted by Crippen LogP contribution is 2.29. The second-order valence-electron chi connectivity index (χ2n) is 9.31. The van der Waals surface area contributed by atoms with E-state index in [-0.39, 0.29) is 11.8 Å². The van der Waals surface area contributed by atoms with Crippen molar-refractivity contribution in [2.75, 3.05) is 56.6 Å². The van der Waals surface area contributed by atoms with Crippen LogP contribution in [0.1, 0.15) is 30.4 Å². The predicted octanol–water partition coefficient (Wildman–Crippen LogP) is 3.45. The van der Waals surface area contributed by atoms with Gasteiger partial charge in [-0.1, -0.05) is 30.3 Å². The number of hydrogen-bond donors (Lipinski definition) is 1. The van der Waals surface area contributed by atoms with Gasteiger partial charge in [0.25, 0.3) is 0 Å². The first-order valence-corrected chi connectivity index (χ1v) is 12.2. The zero-order valence-electron chi connectivity index (χ0n) is 20.5. The number of ether oxygens (including phenoxy) is 1. The van der Waals surface area contributed by atoms with Gasteiger partial charge in [0, 0.05) is 50.9 Å². The summed E-state index contributed by atoms with van der Waals surface area (Å²) in [5.41, 5.74) is 4.10. The molecule has 2 aromatic rings. The minimum atomic E-state index is -0.0119. The Balaban J connectivity index is 1.26. The van der Waals surface area contributed by atoms with E-state index < -0.39 is 0 Å². The SMILES string of the molecule is COc1ccccc1N1CCN(C(=O)CCN(CC(=O)Nc2c(C)cccc2C)C2CC2)CC1. The number of carbonyl (C=O) groups is 2. The van der Waals surface area contributed by atoms with Gasteiger partial charge in [0.2, 0.25) is 11.8 Å². The summed E-state index contributed by atoms with van der Waals surface area (Å²) in [6, 6.07) is 14.4. The maximum atomic E-state index is 12.9. The van der Waals surface area contributed by atoms with E-state index in [4.69, 9.17) is 4.74 Å². The summed E-state index contributed by atoms with van der Waals surface area (Å²) in [6.45, 7) is 7.94. The van der Waals surface area contributed by atoms with Crippen LogP contribution in [0.3, 0.4) is 0 Å². The zero-order valence-corrected chi connectivity index (χ0v) is 20.5. The Hall–Kier alpha value is -3.06. The van der Waals surface area contributed by atoms with Crippen molar-refractivity contribution >= 4 is 23.2 Å². The fourth-order valence-electron chi connectivity index (χ4n) is 4.69. The number of aryl methyl sites for hydroxylation is 2. The van der Waals surface area contributed by atoms with Crippen molar-refractivity contribution in [1.82, 2.24) is 9.80 Å². The number of nitrogens with one attached hydrogen (secondary N) is 1. The van der Waals surface area contributed by atoms with E-state index >= 15 is 0 Å². The van der Waals surface area contributed by atoms with E-state index in [2.05, 4.69) is 21.2 Å². The number of nitrogens with zero attached hydrogens (tertiary/aromatic N) is 3. The third-order valence-electron chi connectivity index (χ3n) is 6.83. The third kappa shape index (κ3) is 5.89. The molecule has 0 radical (unpaired) electrons. The first-order chi connectivity index (χ1) is 16.5. The quantitative estimate of drug-likeness (QED) is 0.616. The van der Waals surface area contributed by atoms with E-state index in [9.17, 15) is 9.59 Å². The lowest BCUT2D eigenvalue weighted by Crippen LogP contribution is -2.49. The van der Waals surface area contributed by atoms with Gasteiger partial charge in [0.15, 0.2) is 0 Å². The lowest BCUT2D eigenvalue weighted by atomic mass is 10.1. The van der Waals surface area contributed by atoms with Crippen molar-refractivity contribution in [2.45, 2.75) is 39.2 Å². The topological polar surface area (TPSA) is 65.1 Å². The summed E-state index contributed by atoms with van der Waals surface area (Å²) in [7, 11) is 1.69. The van der Waals surface area contributed by atoms with Crippen LogP contribution in [0.4, 0.5) is 11.4 Å². The van der Waals surface area contributed by atoms with Crippen molar-refractivity contribution in [3.05, 3.63) is 53.6 Å². The highest BCUT2D eigenvalue weighted by Gasteiger charge is 2.31. The lowest BCUT2D eigenvalue weighted by molar-refractivity contribution is -0.132. The van der Waals surface area contributed by atoms with Gasteiger partial charge in [-0.05, 0) is 49.9 Å². The Morgan fingerprint density at radius 3 is 2.32 bits per heavy atom. The normalized spacial score (nSPS) is 16.0. The van der Waals surface area contributed by atoms with E-state index in [0.717, 1.165) is 54.2 Å². The molecule has 0 aromatic heterocycles. The summed E-state index contributed by atoms with van der Waals surface area (Å²) < 4.78 is 5.49. The average Bonchev–Trinajstić information content (AvgIpc) is 3.69. The molecule has 7 nitrogen and oxygen atoms in total. The molecule has 7 heteroatoms. The monoisotopic (exact) mass is 464 g/mol. The first-order valence-electron chi connectivity index (χ1n) is 12.2. The third-order valence-corrected chi connectivity index (χ3v) is 6.83. The van der Waals surface area contributed by atoms with Gasteiger partial charge in [-0.15, -0.1) is 0 Å². The molecule has 182 valence electrons. The lowest BCUT2D eigenvalue weighted by Gasteiger charge is -2.37. The summed E-state index contributed by atoms with van der Waals surface area (Å²) >= 11 is 0. The molecular formula is C27H36N4O3. The average molecular weight is 465 g/mol. The molecule has 1 N–H and O–H groups in total. The second-order valence-corrected chi connectivity index (χ2v) is 9.31. The molecule has 0 bridgehead atoms. The van der Waals surface area contributed by atoms with Crippen LogP contribution in [0.15, 0.2) is 42.5 Å². The fraction of sp³-hybridized carbons (Fsp3) is 0.481. The maximum absolute atomic E-state index is 12.9. The van der Waals surface area contributed by atoms with Gasteiger partial charge in [0.05, 0.1) is 19.3 Å².